The first-order valence-electron chi connectivity index (χ1n) is 10.8. The first-order chi connectivity index (χ1) is 15.4. The summed E-state index contributed by atoms with van der Waals surface area (Å²) in [7, 11) is 0. The van der Waals surface area contributed by atoms with Crippen molar-refractivity contribution >= 4 is 23.2 Å². The number of carbonyl (C=O) groups is 1. The van der Waals surface area contributed by atoms with Crippen LogP contribution in [-0.2, 0) is 4.79 Å². The highest BCUT2D eigenvalue weighted by Crippen LogP contribution is 2.32. The predicted octanol–water partition coefficient (Wildman–Crippen LogP) is 3.90. The van der Waals surface area contributed by atoms with Crippen molar-refractivity contribution < 1.29 is 15.0 Å². The van der Waals surface area contributed by atoms with E-state index in [0.29, 0.717) is 11.9 Å². The van der Waals surface area contributed by atoms with E-state index in [1.807, 2.05) is 24.0 Å². The van der Waals surface area contributed by atoms with Gasteiger partial charge in [0.05, 0.1) is 5.69 Å². The van der Waals surface area contributed by atoms with Gasteiger partial charge in [-0.3, -0.25) is 4.79 Å². The highest BCUT2D eigenvalue weighted by atomic mass is 19.1. The van der Waals surface area contributed by atoms with Crippen LogP contribution in [-0.4, -0.2) is 51.8 Å². The van der Waals surface area contributed by atoms with Gasteiger partial charge in [-0.25, -0.2) is 13.5 Å². The fraction of sp³-hybridized carbons (Fsp3) is 0.348. The molecule has 0 bridgehead atoms. The molecule has 1 aromatic heterocycles. The van der Waals surface area contributed by atoms with E-state index < -0.39 is 11.6 Å². The van der Waals surface area contributed by atoms with E-state index in [0.717, 1.165) is 62.0 Å². The summed E-state index contributed by atoms with van der Waals surface area (Å²) in [5, 5.41) is 7.46. The van der Waals surface area contributed by atoms with Crippen molar-refractivity contribution in [3.05, 3.63) is 59.9 Å². The van der Waals surface area contributed by atoms with Gasteiger partial charge in [-0.15, -0.1) is 5.10 Å². The Hall–Kier alpha value is -3.49. The molecule has 0 atom stereocenters. The lowest BCUT2D eigenvalue weighted by Crippen LogP contribution is -2.49. The maximum atomic E-state index is 13.5. The number of benzene rings is 2. The summed E-state index contributed by atoms with van der Waals surface area (Å²) in [6.45, 7) is 5.08. The summed E-state index contributed by atoms with van der Waals surface area (Å²) in [6.07, 6.45) is 3.47. The number of rotatable bonds is 5. The molecule has 32 heavy (non-hydrogen) atoms. The Balaban J connectivity index is 0.00000259. The number of aromatic nitrogens is 3. The smallest absolute Gasteiger partial charge is 0.246 e. The molecule has 1 N–H and O–H groups in total. The van der Waals surface area contributed by atoms with Crippen LogP contribution in [0.1, 0.15) is 19.8 Å². The number of aryl methyl sites for hydroxylation is 1. The zero-order valence-corrected chi connectivity index (χ0v) is 17.8. The molecule has 2 aromatic carbocycles. The largest absolute Gasteiger partial charge is 0.368 e. The molecule has 1 saturated carbocycles. The number of anilines is 3. The van der Waals surface area contributed by atoms with Crippen LogP contribution >= 0.6 is 0 Å². The molecule has 0 radical (unpaired) electrons. The molecule has 5 rings (SSSR count). The van der Waals surface area contributed by atoms with Crippen molar-refractivity contribution in [1.29, 1.82) is 0 Å². The Bertz CT molecular complexity index is 1140. The summed E-state index contributed by atoms with van der Waals surface area (Å²) < 4.78 is 28.3. The van der Waals surface area contributed by atoms with Crippen LogP contribution in [0, 0.1) is 24.5 Å². The number of hydrogen-bond donors (Lipinski definition) is 1. The van der Waals surface area contributed by atoms with Crippen LogP contribution < -0.4 is 10.2 Å². The minimum absolute atomic E-state index is 0. The van der Waals surface area contributed by atoms with Crippen molar-refractivity contribution in [2.24, 2.45) is 5.92 Å². The van der Waals surface area contributed by atoms with Crippen molar-refractivity contribution in [3.8, 4) is 5.69 Å². The van der Waals surface area contributed by atoms with Gasteiger partial charge >= 0.3 is 0 Å². The van der Waals surface area contributed by atoms with Gasteiger partial charge in [0.25, 0.3) is 0 Å². The molecular weight excluding hydrogens is 414 g/mol. The number of carbonyl (C=O) groups excluding carboxylic acids is 1. The van der Waals surface area contributed by atoms with E-state index in [2.05, 4.69) is 26.4 Å². The van der Waals surface area contributed by atoms with Crippen LogP contribution in [0.2, 0.25) is 0 Å². The number of nitrogens with zero attached hydrogens (tertiary/aromatic N) is 5. The molecule has 2 aliphatic rings. The van der Waals surface area contributed by atoms with E-state index in [-0.39, 0.29) is 13.0 Å². The number of hydrogen-bond acceptors (Lipinski definition) is 5. The highest BCUT2D eigenvalue weighted by Gasteiger charge is 2.34. The molecule has 1 amide bonds. The monoisotopic (exact) mass is 440 g/mol. The number of amides is 1. The van der Waals surface area contributed by atoms with E-state index in [9.17, 15) is 13.6 Å². The molecule has 168 valence electrons. The molecule has 0 spiro atoms. The molecule has 1 aliphatic carbocycles. The lowest BCUT2D eigenvalue weighted by molar-refractivity contribution is -0.132. The average molecular weight is 440 g/mol. The summed E-state index contributed by atoms with van der Waals surface area (Å²) in [5.41, 5.74) is 3.22. The molecule has 9 heteroatoms. The van der Waals surface area contributed by atoms with Crippen molar-refractivity contribution in [2.75, 3.05) is 36.4 Å². The maximum Gasteiger partial charge on any atom is 0.246 e. The predicted molar refractivity (Wildman–Crippen MR) is 119 cm³/mol. The number of piperazine rings is 1. The van der Waals surface area contributed by atoms with Gasteiger partial charge in [0.1, 0.15) is 18.0 Å². The van der Waals surface area contributed by atoms with Gasteiger partial charge in [-0.1, -0.05) is 0 Å². The summed E-state index contributed by atoms with van der Waals surface area (Å²) in [6, 6.07) is 9.33. The second-order valence-electron chi connectivity index (χ2n) is 8.41. The molecule has 2 heterocycles. The molecule has 3 aromatic rings. The minimum Gasteiger partial charge on any atom is -0.368 e. The first-order valence-corrected chi connectivity index (χ1v) is 10.8. The van der Waals surface area contributed by atoms with Gasteiger partial charge in [-0.2, -0.15) is 4.98 Å². The van der Waals surface area contributed by atoms with Crippen LogP contribution in [0.4, 0.5) is 26.1 Å². The van der Waals surface area contributed by atoms with Gasteiger partial charge in [-0.05, 0) is 55.7 Å². The Morgan fingerprint density at radius 1 is 1.00 bits per heavy atom. The Kier molecular flexibility index (Phi) is 5.24. The second-order valence-corrected chi connectivity index (χ2v) is 8.41. The summed E-state index contributed by atoms with van der Waals surface area (Å²) in [5.74, 6) is -0.464. The van der Waals surface area contributed by atoms with Gasteiger partial charge in [0.15, 0.2) is 0 Å². The molecule has 1 saturated heterocycles. The third-order valence-corrected chi connectivity index (χ3v) is 5.81. The number of nitrogens with one attached hydrogen (secondary N) is 1. The average Bonchev–Trinajstić information content (AvgIpc) is 3.51. The SMILES string of the molecule is Cc1cc(Nc2ncn(-c3cc(F)cc(F)c3)n2)cc(N2CCN(C(=O)C3CC3)CC2)c1.[HH]. The maximum absolute atomic E-state index is 13.5. The molecule has 1 aliphatic heterocycles. The van der Waals surface area contributed by atoms with Crippen molar-refractivity contribution in [3.63, 3.8) is 0 Å². The third kappa shape index (κ3) is 4.42. The molecule has 2 fully saturated rings. The van der Waals surface area contributed by atoms with E-state index >= 15 is 0 Å². The first kappa shape index (κ1) is 20.4. The third-order valence-electron chi connectivity index (χ3n) is 5.81. The topological polar surface area (TPSA) is 66.3 Å². The Labute approximate surface area is 186 Å². The molecule has 0 unspecified atom stereocenters. The van der Waals surface area contributed by atoms with Gasteiger partial charge < -0.3 is 15.1 Å². The molecule has 7 nitrogen and oxygen atoms in total. The van der Waals surface area contributed by atoms with Gasteiger partial charge in [0, 0.05) is 51.0 Å². The standard InChI is InChI=1S/C23H24F2N6O.H2/c1-15-8-19(27-23-26-14-31(28-23)21-11-17(24)10-18(25)12-21)13-20(9-15)29-4-6-30(7-5-29)22(32)16-2-3-16;/h8-14,16H,2-7H2,1H3,(H,27,28);1H. The van der Waals surface area contributed by atoms with Gasteiger partial charge in [0.2, 0.25) is 11.9 Å². The fourth-order valence-electron chi connectivity index (χ4n) is 4.04. The Morgan fingerprint density at radius 2 is 1.72 bits per heavy atom. The zero-order chi connectivity index (χ0) is 22.2. The fourth-order valence-corrected chi connectivity index (χ4v) is 4.04. The van der Waals surface area contributed by atoms with Crippen LogP contribution in [0.5, 0.6) is 0 Å². The quantitative estimate of drug-likeness (QED) is 0.652. The summed E-state index contributed by atoms with van der Waals surface area (Å²) in [4.78, 5) is 20.8. The van der Waals surface area contributed by atoms with Crippen LogP contribution in [0.3, 0.4) is 0 Å². The van der Waals surface area contributed by atoms with E-state index in [4.69, 9.17) is 0 Å². The van der Waals surface area contributed by atoms with Crippen LogP contribution in [0.25, 0.3) is 5.69 Å². The summed E-state index contributed by atoms with van der Waals surface area (Å²) >= 11 is 0. The van der Waals surface area contributed by atoms with E-state index in [1.165, 1.54) is 23.1 Å². The highest BCUT2D eigenvalue weighted by molar-refractivity contribution is 5.81. The lowest BCUT2D eigenvalue weighted by Gasteiger charge is -2.36. The Morgan fingerprint density at radius 3 is 2.41 bits per heavy atom. The minimum atomic E-state index is -0.674. The van der Waals surface area contributed by atoms with E-state index in [1.54, 1.807) is 0 Å². The second kappa shape index (κ2) is 8.22. The number of halogens is 2. The zero-order valence-electron chi connectivity index (χ0n) is 17.8. The van der Waals surface area contributed by atoms with Crippen molar-refractivity contribution in [2.45, 2.75) is 19.8 Å². The van der Waals surface area contributed by atoms with Crippen LogP contribution in [0.15, 0.2) is 42.7 Å². The lowest BCUT2D eigenvalue weighted by atomic mass is 10.1. The normalized spacial score (nSPS) is 16.3. The molecular formula is C23H26F2N6O. The van der Waals surface area contributed by atoms with Crippen molar-refractivity contribution in [1.82, 2.24) is 19.7 Å².